The highest BCUT2D eigenvalue weighted by Gasteiger charge is 2.24. The molecule has 2 atom stereocenters. The van der Waals surface area contributed by atoms with Gasteiger partial charge in [-0.2, -0.15) is 0 Å². The van der Waals surface area contributed by atoms with Crippen LogP contribution < -0.4 is 16.8 Å². The number of nitrogens with two attached hydrogens (primary N) is 2. The van der Waals surface area contributed by atoms with Crippen molar-refractivity contribution in [3.8, 4) is 0 Å². The van der Waals surface area contributed by atoms with Crippen LogP contribution in [0.4, 0.5) is 5.82 Å². The van der Waals surface area contributed by atoms with Crippen molar-refractivity contribution >= 4 is 5.82 Å². The number of rotatable bonds is 7. The number of pyridine rings is 2. The molecule has 2 heterocycles. The molecule has 2 unspecified atom stereocenters. The van der Waals surface area contributed by atoms with Crippen LogP contribution in [0.2, 0.25) is 0 Å². The van der Waals surface area contributed by atoms with Gasteiger partial charge in [0.2, 0.25) is 0 Å². The molecule has 5 nitrogen and oxygen atoms in total. The second kappa shape index (κ2) is 8.22. The molecule has 0 amide bonds. The number of aromatic nitrogens is 2. The van der Waals surface area contributed by atoms with E-state index >= 15 is 0 Å². The van der Waals surface area contributed by atoms with Crippen LogP contribution in [0.1, 0.15) is 48.7 Å². The average molecular weight is 325 g/mol. The van der Waals surface area contributed by atoms with Gasteiger partial charge in [0.15, 0.2) is 0 Å². The molecule has 0 aromatic carbocycles. The molecular formula is C19H27N5. The van der Waals surface area contributed by atoms with E-state index in [0.717, 1.165) is 37.8 Å². The first-order valence-corrected chi connectivity index (χ1v) is 8.87. The van der Waals surface area contributed by atoms with Crippen molar-refractivity contribution in [1.29, 1.82) is 0 Å². The summed E-state index contributed by atoms with van der Waals surface area (Å²) < 4.78 is 0. The molecule has 0 saturated heterocycles. The highest BCUT2D eigenvalue weighted by Crippen LogP contribution is 2.28. The molecule has 0 bridgehead atoms. The van der Waals surface area contributed by atoms with Gasteiger partial charge < -0.3 is 16.8 Å². The Morgan fingerprint density at radius 3 is 3.00 bits per heavy atom. The number of hydrogen-bond acceptors (Lipinski definition) is 5. The number of hydrogen-bond donors (Lipinski definition) is 3. The predicted molar refractivity (Wildman–Crippen MR) is 97.5 cm³/mol. The van der Waals surface area contributed by atoms with E-state index in [-0.39, 0.29) is 0 Å². The van der Waals surface area contributed by atoms with Gasteiger partial charge in [-0.25, -0.2) is 4.98 Å². The molecular weight excluding hydrogens is 298 g/mol. The summed E-state index contributed by atoms with van der Waals surface area (Å²) in [7, 11) is 0. The fourth-order valence-corrected chi connectivity index (χ4v) is 3.53. The smallest absolute Gasteiger partial charge is 0.123 e. The largest absolute Gasteiger partial charge is 0.384 e. The zero-order valence-corrected chi connectivity index (χ0v) is 14.1. The Morgan fingerprint density at radius 1 is 1.25 bits per heavy atom. The van der Waals surface area contributed by atoms with E-state index in [2.05, 4.69) is 21.4 Å². The Balaban J connectivity index is 1.72. The molecule has 3 rings (SSSR count). The third kappa shape index (κ3) is 4.30. The van der Waals surface area contributed by atoms with E-state index in [0.29, 0.717) is 24.4 Å². The van der Waals surface area contributed by atoms with Crippen LogP contribution in [0.3, 0.4) is 0 Å². The van der Waals surface area contributed by atoms with Gasteiger partial charge in [0.1, 0.15) is 5.82 Å². The quantitative estimate of drug-likeness (QED) is 0.727. The number of nitrogens with zero attached hydrogens (tertiary/aromatic N) is 2. The Kier molecular flexibility index (Phi) is 5.77. The summed E-state index contributed by atoms with van der Waals surface area (Å²) in [5, 5.41) is 3.82. The maximum Gasteiger partial charge on any atom is 0.123 e. The molecule has 1 aliphatic rings. The SMILES string of the molecule is NCCCC(Cc1cccc(N)n1)NC1CCCc2cccnc21. The van der Waals surface area contributed by atoms with Gasteiger partial charge >= 0.3 is 0 Å². The Hall–Kier alpha value is -1.98. The first-order valence-electron chi connectivity index (χ1n) is 8.87. The molecule has 2 aromatic heterocycles. The normalized spacial score (nSPS) is 18.1. The van der Waals surface area contributed by atoms with Crippen molar-refractivity contribution in [2.45, 2.75) is 50.6 Å². The van der Waals surface area contributed by atoms with Crippen LogP contribution >= 0.6 is 0 Å². The minimum Gasteiger partial charge on any atom is -0.384 e. The van der Waals surface area contributed by atoms with Gasteiger partial charge in [0, 0.05) is 30.4 Å². The lowest BCUT2D eigenvalue weighted by Crippen LogP contribution is -2.37. The maximum absolute atomic E-state index is 5.82. The van der Waals surface area contributed by atoms with Gasteiger partial charge in [-0.05, 0) is 62.4 Å². The lowest BCUT2D eigenvalue weighted by Gasteiger charge is -2.29. The Labute approximate surface area is 143 Å². The molecule has 2 aromatic rings. The van der Waals surface area contributed by atoms with Crippen molar-refractivity contribution in [2.24, 2.45) is 5.73 Å². The van der Waals surface area contributed by atoms with Crippen molar-refractivity contribution in [2.75, 3.05) is 12.3 Å². The van der Waals surface area contributed by atoms with Crippen molar-refractivity contribution < 1.29 is 0 Å². The van der Waals surface area contributed by atoms with E-state index < -0.39 is 0 Å². The molecule has 128 valence electrons. The molecule has 0 radical (unpaired) electrons. The molecule has 5 N–H and O–H groups in total. The molecule has 0 fully saturated rings. The summed E-state index contributed by atoms with van der Waals surface area (Å²) in [4.78, 5) is 9.08. The van der Waals surface area contributed by atoms with E-state index in [4.69, 9.17) is 11.5 Å². The molecule has 1 aliphatic carbocycles. The van der Waals surface area contributed by atoms with Gasteiger partial charge in [0.25, 0.3) is 0 Å². The van der Waals surface area contributed by atoms with Crippen molar-refractivity contribution in [3.05, 3.63) is 53.5 Å². The summed E-state index contributed by atoms with van der Waals surface area (Å²) in [5.74, 6) is 0.578. The first kappa shape index (κ1) is 16.9. The fourth-order valence-electron chi connectivity index (χ4n) is 3.53. The summed E-state index contributed by atoms with van der Waals surface area (Å²) in [5.41, 5.74) is 15.2. The molecule has 0 saturated carbocycles. The minimum atomic E-state index is 0.318. The van der Waals surface area contributed by atoms with Gasteiger partial charge in [-0.1, -0.05) is 12.1 Å². The highest BCUT2D eigenvalue weighted by molar-refractivity contribution is 5.29. The van der Waals surface area contributed by atoms with Gasteiger partial charge in [0.05, 0.1) is 5.69 Å². The Bertz CT molecular complexity index is 658. The Morgan fingerprint density at radius 2 is 2.17 bits per heavy atom. The summed E-state index contributed by atoms with van der Waals surface area (Å²) in [6, 6.07) is 10.7. The van der Waals surface area contributed by atoms with Crippen LogP contribution in [0.5, 0.6) is 0 Å². The summed E-state index contributed by atoms with van der Waals surface area (Å²) >= 11 is 0. The second-order valence-corrected chi connectivity index (χ2v) is 6.54. The molecule has 0 spiro atoms. The van der Waals surface area contributed by atoms with Crippen molar-refractivity contribution in [1.82, 2.24) is 15.3 Å². The number of nitrogen functional groups attached to an aromatic ring is 1. The van der Waals surface area contributed by atoms with Crippen LogP contribution in [0, 0.1) is 0 Å². The van der Waals surface area contributed by atoms with Crippen LogP contribution in [0.15, 0.2) is 36.5 Å². The maximum atomic E-state index is 5.82. The number of fused-ring (bicyclic) bond motifs is 1. The molecule has 24 heavy (non-hydrogen) atoms. The topological polar surface area (TPSA) is 89.9 Å². The zero-order valence-electron chi connectivity index (χ0n) is 14.1. The standard InChI is InChI=1S/C19H27N5/c20-11-3-8-15(13-16-7-2-10-18(21)24-16)23-17-9-1-5-14-6-4-12-22-19(14)17/h2,4,6-7,10,12,15,17,23H,1,3,5,8-9,11,13,20H2,(H2,21,24). The predicted octanol–water partition coefficient (Wildman–Crippen LogP) is 2.38. The third-order valence-electron chi connectivity index (χ3n) is 4.67. The molecule has 5 heteroatoms. The second-order valence-electron chi connectivity index (χ2n) is 6.54. The lowest BCUT2D eigenvalue weighted by molar-refractivity contribution is 0.365. The van der Waals surface area contributed by atoms with Crippen LogP contribution in [-0.4, -0.2) is 22.6 Å². The minimum absolute atomic E-state index is 0.318. The fraction of sp³-hybridized carbons (Fsp3) is 0.474. The van der Waals surface area contributed by atoms with E-state index in [1.807, 2.05) is 30.5 Å². The number of nitrogens with one attached hydrogen (secondary N) is 1. The highest BCUT2D eigenvalue weighted by atomic mass is 15.0. The van der Waals surface area contributed by atoms with Gasteiger partial charge in [-0.15, -0.1) is 0 Å². The summed E-state index contributed by atoms with van der Waals surface area (Å²) in [6.07, 6.45) is 8.26. The van der Waals surface area contributed by atoms with E-state index in [1.165, 1.54) is 17.7 Å². The van der Waals surface area contributed by atoms with Crippen LogP contribution in [0.25, 0.3) is 0 Å². The molecule has 0 aliphatic heterocycles. The number of anilines is 1. The third-order valence-corrected chi connectivity index (χ3v) is 4.67. The average Bonchev–Trinajstić information content (AvgIpc) is 2.60. The monoisotopic (exact) mass is 325 g/mol. The zero-order chi connectivity index (χ0) is 16.8. The first-order chi connectivity index (χ1) is 11.8. The van der Waals surface area contributed by atoms with E-state index in [1.54, 1.807) is 0 Å². The van der Waals surface area contributed by atoms with Crippen molar-refractivity contribution in [3.63, 3.8) is 0 Å². The van der Waals surface area contributed by atoms with Gasteiger partial charge in [-0.3, -0.25) is 4.98 Å². The number of aryl methyl sites for hydroxylation is 1. The summed E-state index contributed by atoms with van der Waals surface area (Å²) in [6.45, 7) is 0.710. The van der Waals surface area contributed by atoms with Crippen LogP contribution in [-0.2, 0) is 12.8 Å². The lowest BCUT2D eigenvalue weighted by atomic mass is 9.90. The van der Waals surface area contributed by atoms with E-state index in [9.17, 15) is 0 Å².